The van der Waals surface area contributed by atoms with Gasteiger partial charge in [-0.15, -0.1) is 0 Å². The zero-order chi connectivity index (χ0) is 24.7. The van der Waals surface area contributed by atoms with Crippen LogP contribution in [-0.2, 0) is 15.3 Å². The molecule has 1 aromatic carbocycles. The van der Waals surface area contributed by atoms with Gasteiger partial charge in [-0.25, -0.2) is 17.4 Å². The predicted molar refractivity (Wildman–Crippen MR) is 126 cm³/mol. The minimum absolute atomic E-state index is 0.0377. The fourth-order valence-corrected chi connectivity index (χ4v) is 6.12. The van der Waals surface area contributed by atoms with Crippen molar-refractivity contribution in [1.82, 2.24) is 10.1 Å². The number of pyridine rings is 1. The van der Waals surface area contributed by atoms with Gasteiger partial charge in [0.05, 0.1) is 34.5 Å². The second kappa shape index (κ2) is 8.46. The Morgan fingerprint density at radius 2 is 2.00 bits per heavy atom. The van der Waals surface area contributed by atoms with Crippen LogP contribution in [-0.4, -0.2) is 51.5 Å². The smallest absolute Gasteiger partial charge is 0.167 e. The molecule has 0 unspecified atom stereocenters. The number of ether oxygens (including phenoxy) is 1. The van der Waals surface area contributed by atoms with Crippen molar-refractivity contribution in [2.45, 2.75) is 24.1 Å². The highest BCUT2D eigenvalue weighted by Crippen LogP contribution is 2.41. The van der Waals surface area contributed by atoms with Crippen LogP contribution in [0, 0.1) is 5.82 Å². The van der Waals surface area contributed by atoms with Crippen molar-refractivity contribution in [2.75, 3.05) is 26.6 Å². The van der Waals surface area contributed by atoms with E-state index in [0.29, 0.717) is 28.5 Å². The normalized spacial score (nSPS) is 23.9. The maximum absolute atomic E-state index is 15.1. The van der Waals surface area contributed by atoms with Crippen LogP contribution in [0.4, 0.5) is 8.78 Å². The fourth-order valence-electron chi connectivity index (χ4n) is 3.86. The fraction of sp³-hybridized carbons (Fsp3) is 0.348. The molecule has 11 heteroatoms. The van der Waals surface area contributed by atoms with Gasteiger partial charge in [0, 0.05) is 24.2 Å². The summed E-state index contributed by atoms with van der Waals surface area (Å²) in [6.07, 6.45) is 1.55. The van der Waals surface area contributed by atoms with Crippen molar-refractivity contribution in [3.05, 3.63) is 54.0 Å². The number of amidine groups is 1. The number of alkyl halides is 1. The van der Waals surface area contributed by atoms with Gasteiger partial charge in [0.1, 0.15) is 40.1 Å². The van der Waals surface area contributed by atoms with Crippen LogP contribution >= 0.6 is 0 Å². The van der Waals surface area contributed by atoms with Crippen LogP contribution < -0.4 is 10.5 Å². The van der Waals surface area contributed by atoms with Gasteiger partial charge in [-0.2, -0.15) is 0 Å². The largest absolute Gasteiger partial charge is 0.495 e. The van der Waals surface area contributed by atoms with Crippen molar-refractivity contribution < 1.29 is 22.2 Å². The molecule has 0 radical (unpaired) electrons. The lowest BCUT2D eigenvalue weighted by molar-refractivity contribution is 0.326. The van der Waals surface area contributed by atoms with E-state index in [1.54, 1.807) is 45.4 Å². The second-order valence-electron chi connectivity index (χ2n) is 8.49. The number of nitrogens with two attached hydrogens (primary N) is 1. The number of hydrogen-bond acceptors (Lipinski definition) is 8. The van der Waals surface area contributed by atoms with E-state index < -0.39 is 32.5 Å². The van der Waals surface area contributed by atoms with Crippen LogP contribution in [0.3, 0.4) is 0 Å². The van der Waals surface area contributed by atoms with E-state index in [-0.39, 0.29) is 17.2 Å². The topological polar surface area (TPSA) is 116 Å². The highest BCUT2D eigenvalue weighted by molar-refractivity contribution is 7.95. The quantitative estimate of drug-likeness (QED) is 0.580. The Morgan fingerprint density at radius 3 is 2.62 bits per heavy atom. The highest BCUT2D eigenvalue weighted by atomic mass is 32.2. The maximum atomic E-state index is 15.1. The van der Waals surface area contributed by atoms with E-state index in [0.717, 1.165) is 0 Å². The first-order valence-electron chi connectivity index (χ1n) is 10.4. The Balaban J connectivity index is 1.79. The molecule has 2 atom stereocenters. The summed E-state index contributed by atoms with van der Waals surface area (Å²) in [4.78, 5) is 8.61. The van der Waals surface area contributed by atoms with Gasteiger partial charge in [-0.05, 0) is 44.2 Å². The number of benzene rings is 1. The predicted octanol–water partition coefficient (Wildman–Crippen LogP) is 3.96. The van der Waals surface area contributed by atoms with E-state index in [9.17, 15) is 8.60 Å². The Labute approximate surface area is 196 Å². The lowest BCUT2D eigenvalue weighted by Gasteiger charge is -2.41. The molecular weight excluding hydrogens is 464 g/mol. The van der Waals surface area contributed by atoms with Gasteiger partial charge in [-0.1, -0.05) is 5.16 Å². The van der Waals surface area contributed by atoms with Gasteiger partial charge in [0.25, 0.3) is 0 Å². The molecule has 2 aromatic heterocycles. The molecule has 0 amide bonds. The van der Waals surface area contributed by atoms with E-state index in [1.807, 2.05) is 0 Å². The van der Waals surface area contributed by atoms with E-state index in [4.69, 9.17) is 15.0 Å². The van der Waals surface area contributed by atoms with Crippen molar-refractivity contribution >= 4 is 15.6 Å². The van der Waals surface area contributed by atoms with E-state index in [1.165, 1.54) is 25.2 Å². The first kappa shape index (κ1) is 23.8. The summed E-state index contributed by atoms with van der Waals surface area (Å²) in [5, 5.41) is 4.03. The Bertz CT molecular complexity index is 1380. The summed E-state index contributed by atoms with van der Waals surface area (Å²) in [5.41, 5.74) is 5.70. The van der Waals surface area contributed by atoms with Gasteiger partial charge in [-0.3, -0.25) is 9.98 Å². The first-order chi connectivity index (χ1) is 16.1. The molecular formula is C23H25F2N5O3S. The van der Waals surface area contributed by atoms with Crippen LogP contribution in [0.15, 0.2) is 56.5 Å². The lowest BCUT2D eigenvalue weighted by Crippen LogP contribution is -2.56. The Morgan fingerprint density at radius 1 is 1.24 bits per heavy atom. The number of methoxy groups -OCH3 is 1. The molecule has 4 rings (SSSR count). The molecule has 180 valence electrons. The number of rotatable bonds is 5. The minimum Gasteiger partial charge on any atom is -0.495 e. The number of nitrogens with zero attached hydrogens (tertiary/aromatic N) is 4. The maximum Gasteiger partial charge on any atom is 0.167 e. The minimum atomic E-state index is -3.05. The molecule has 2 N–H and O–H groups in total. The molecule has 3 heterocycles. The van der Waals surface area contributed by atoms with Crippen LogP contribution in [0.2, 0.25) is 0 Å². The van der Waals surface area contributed by atoms with E-state index in [2.05, 4.69) is 19.5 Å². The molecule has 8 nitrogen and oxygen atoms in total. The lowest BCUT2D eigenvalue weighted by atomic mass is 9.90. The second-order valence-corrected chi connectivity index (χ2v) is 11.4. The molecule has 0 bridgehead atoms. The monoisotopic (exact) mass is 489 g/mol. The van der Waals surface area contributed by atoms with Crippen molar-refractivity contribution in [3.8, 4) is 28.5 Å². The number of hydrogen-bond donors (Lipinski definition) is 1. The van der Waals surface area contributed by atoms with Gasteiger partial charge in [0.15, 0.2) is 5.76 Å². The summed E-state index contributed by atoms with van der Waals surface area (Å²) in [7, 11) is -0.116. The summed E-state index contributed by atoms with van der Waals surface area (Å²) >= 11 is 0. The molecule has 34 heavy (non-hydrogen) atoms. The number of aromatic nitrogens is 2. The van der Waals surface area contributed by atoms with Crippen LogP contribution in [0.5, 0.6) is 5.75 Å². The van der Waals surface area contributed by atoms with Crippen molar-refractivity contribution in [1.29, 1.82) is 0 Å². The molecule has 3 aromatic rings. The molecule has 0 fully saturated rings. The zero-order valence-electron chi connectivity index (χ0n) is 19.2. The summed E-state index contributed by atoms with van der Waals surface area (Å²) in [6, 6.07) is 9.19. The first-order valence-corrected chi connectivity index (χ1v) is 12.1. The average molecular weight is 490 g/mol. The standard InChI is InChI=1S/C23H25F2N5O3S/c1-22(2)21(26)29-23(12-24,13-34(22,31)27-3)16-9-14(5-7-17(16)25)20-10-19(30-33-20)18-8-6-15(32-4)11-28-18/h5-11H,12-13H2,1-4H3,(H2,26,29)/t23-,34+/m0/s1. The Hall–Kier alpha value is -3.34. The molecule has 1 aliphatic heterocycles. The SMILES string of the molecule is CN=[S@@]1(=O)C[C@@](CF)(c2cc(-c3cc(-c4ccc(OC)cn4)no3)ccc2F)N=C(N)C1(C)C. The highest BCUT2D eigenvalue weighted by Gasteiger charge is 2.50. The summed E-state index contributed by atoms with van der Waals surface area (Å²) < 4.78 is 56.7. The molecule has 0 saturated carbocycles. The molecule has 0 spiro atoms. The third-order valence-electron chi connectivity index (χ3n) is 6.20. The molecule has 0 saturated heterocycles. The summed E-state index contributed by atoms with van der Waals surface area (Å²) in [6.45, 7) is 2.17. The van der Waals surface area contributed by atoms with Crippen molar-refractivity contribution in [2.24, 2.45) is 15.1 Å². The van der Waals surface area contributed by atoms with Crippen molar-refractivity contribution in [3.63, 3.8) is 0 Å². The molecule has 1 aliphatic rings. The van der Waals surface area contributed by atoms with Gasteiger partial charge >= 0.3 is 0 Å². The van der Waals surface area contributed by atoms with E-state index >= 15 is 4.39 Å². The van der Waals surface area contributed by atoms with Gasteiger partial charge < -0.3 is 15.0 Å². The number of halogens is 2. The third kappa shape index (κ3) is 3.73. The third-order valence-corrected chi connectivity index (χ3v) is 9.46. The van der Waals surface area contributed by atoms with Crippen LogP contribution in [0.1, 0.15) is 19.4 Å². The van der Waals surface area contributed by atoms with Crippen LogP contribution in [0.25, 0.3) is 22.7 Å². The summed E-state index contributed by atoms with van der Waals surface area (Å²) in [5.74, 6) is -0.135. The molecule has 0 aliphatic carbocycles. The average Bonchev–Trinajstić information content (AvgIpc) is 3.33. The Kier molecular flexibility index (Phi) is 5.92. The number of aliphatic imine (C=N–C) groups is 1. The van der Waals surface area contributed by atoms with Gasteiger partial charge in [0.2, 0.25) is 0 Å². The zero-order valence-corrected chi connectivity index (χ0v) is 20.0.